The number of thioether (sulfide) groups is 1. The third kappa shape index (κ3) is 4.37. The van der Waals surface area contributed by atoms with Crippen molar-refractivity contribution < 1.29 is 13.6 Å². The van der Waals surface area contributed by atoms with Gasteiger partial charge in [0.1, 0.15) is 11.6 Å². The molecule has 0 saturated heterocycles. The Bertz CT molecular complexity index is 913. The molecule has 2 nitrogen and oxygen atoms in total. The van der Waals surface area contributed by atoms with Gasteiger partial charge in [0.15, 0.2) is 0 Å². The van der Waals surface area contributed by atoms with Crippen LogP contribution in [0.15, 0.2) is 65.6 Å². The minimum Gasteiger partial charge on any atom is -0.349 e. The van der Waals surface area contributed by atoms with Gasteiger partial charge in [-0.05, 0) is 35.9 Å². The van der Waals surface area contributed by atoms with E-state index in [1.807, 2.05) is 42.5 Å². The molecular formula is C20H17F2NOS. The van der Waals surface area contributed by atoms with Gasteiger partial charge in [0.05, 0.1) is 11.8 Å². The Morgan fingerprint density at radius 1 is 1.04 bits per heavy atom. The minimum absolute atomic E-state index is 0.200. The molecule has 0 radical (unpaired) electrons. The Labute approximate surface area is 149 Å². The Kier molecular flexibility index (Phi) is 5.34. The molecule has 3 aromatic rings. The molecule has 0 aliphatic carbocycles. The number of carbonyl (C=O) groups excluding carboxylic acids is 1. The second-order valence-electron chi connectivity index (χ2n) is 5.75. The molecule has 25 heavy (non-hydrogen) atoms. The average Bonchev–Trinajstić information content (AvgIpc) is 2.59. The van der Waals surface area contributed by atoms with E-state index >= 15 is 0 Å². The fraction of sp³-hybridized carbons (Fsp3) is 0.150. The maximum absolute atomic E-state index is 13.8. The molecule has 5 heteroatoms. The summed E-state index contributed by atoms with van der Waals surface area (Å²) in [6, 6.07) is 16.9. The van der Waals surface area contributed by atoms with Crippen molar-refractivity contribution in [3.05, 3.63) is 77.9 Å². The van der Waals surface area contributed by atoms with E-state index in [-0.39, 0.29) is 17.2 Å². The lowest BCUT2D eigenvalue weighted by Gasteiger charge is -2.15. The third-order valence-electron chi connectivity index (χ3n) is 3.90. The summed E-state index contributed by atoms with van der Waals surface area (Å²) in [6.07, 6.45) is 0. The molecule has 0 aliphatic heterocycles. The number of nitrogens with one attached hydrogen (secondary N) is 1. The molecule has 1 atom stereocenters. The van der Waals surface area contributed by atoms with Gasteiger partial charge < -0.3 is 5.32 Å². The number of rotatable bonds is 5. The van der Waals surface area contributed by atoms with E-state index < -0.39 is 17.7 Å². The van der Waals surface area contributed by atoms with Crippen molar-refractivity contribution in [3.63, 3.8) is 0 Å². The Hall–Kier alpha value is -2.40. The maximum Gasteiger partial charge on any atom is 0.230 e. The normalized spacial score (nSPS) is 12.1. The summed E-state index contributed by atoms with van der Waals surface area (Å²) in [4.78, 5) is 13.1. The monoisotopic (exact) mass is 357 g/mol. The predicted molar refractivity (Wildman–Crippen MR) is 97.6 cm³/mol. The number of hydrogen-bond donors (Lipinski definition) is 1. The lowest BCUT2D eigenvalue weighted by molar-refractivity contribution is -0.119. The molecule has 1 amide bonds. The quantitative estimate of drug-likeness (QED) is 0.645. The summed E-state index contributed by atoms with van der Waals surface area (Å²) >= 11 is 1.42. The van der Waals surface area contributed by atoms with Gasteiger partial charge >= 0.3 is 0 Å². The fourth-order valence-electron chi connectivity index (χ4n) is 2.62. The van der Waals surface area contributed by atoms with Crippen LogP contribution in [0.2, 0.25) is 0 Å². The van der Waals surface area contributed by atoms with Crippen molar-refractivity contribution in [1.82, 2.24) is 5.32 Å². The molecule has 3 rings (SSSR count). The molecule has 3 aromatic carbocycles. The number of fused-ring (bicyclic) bond motifs is 1. The van der Waals surface area contributed by atoms with Gasteiger partial charge in [-0.15, -0.1) is 11.8 Å². The molecule has 0 aromatic heterocycles. The summed E-state index contributed by atoms with van der Waals surface area (Å²) < 4.78 is 26.7. The summed E-state index contributed by atoms with van der Waals surface area (Å²) in [5, 5.41) is 5.01. The van der Waals surface area contributed by atoms with Gasteiger partial charge in [-0.25, -0.2) is 8.78 Å². The van der Waals surface area contributed by atoms with E-state index in [9.17, 15) is 13.6 Å². The van der Waals surface area contributed by atoms with Crippen molar-refractivity contribution in [1.29, 1.82) is 0 Å². The standard InChI is InChI=1S/C20H17F2NOS/c1-13(18-9-7-16(21)11-19(18)22)23-20(24)12-25-17-8-6-14-4-2-3-5-15(14)10-17/h2-11,13H,12H2,1H3,(H,23,24). The predicted octanol–water partition coefficient (Wildman–Crippen LogP) is 5.09. The highest BCUT2D eigenvalue weighted by Crippen LogP contribution is 2.24. The van der Waals surface area contributed by atoms with Crippen molar-refractivity contribution in [3.8, 4) is 0 Å². The molecular weight excluding hydrogens is 340 g/mol. The van der Waals surface area contributed by atoms with Crippen LogP contribution >= 0.6 is 11.8 Å². The van der Waals surface area contributed by atoms with Crippen LogP contribution in [-0.2, 0) is 4.79 Å². The first kappa shape index (κ1) is 17.4. The molecule has 0 bridgehead atoms. The van der Waals surface area contributed by atoms with E-state index in [0.29, 0.717) is 0 Å². The zero-order valence-corrected chi connectivity index (χ0v) is 14.4. The Balaban J connectivity index is 1.60. The van der Waals surface area contributed by atoms with E-state index in [0.717, 1.165) is 21.7 Å². The second-order valence-corrected chi connectivity index (χ2v) is 6.80. The van der Waals surface area contributed by atoms with Crippen LogP contribution in [0, 0.1) is 11.6 Å². The lowest BCUT2D eigenvalue weighted by Crippen LogP contribution is -2.28. The summed E-state index contributed by atoms with van der Waals surface area (Å²) in [6.45, 7) is 1.68. The number of carbonyl (C=O) groups is 1. The number of halogens is 2. The van der Waals surface area contributed by atoms with Crippen LogP contribution in [-0.4, -0.2) is 11.7 Å². The molecule has 1 unspecified atom stereocenters. The van der Waals surface area contributed by atoms with E-state index in [1.165, 1.54) is 23.9 Å². The Morgan fingerprint density at radius 3 is 2.56 bits per heavy atom. The number of hydrogen-bond acceptors (Lipinski definition) is 2. The van der Waals surface area contributed by atoms with Crippen molar-refractivity contribution in [2.75, 3.05) is 5.75 Å². The summed E-state index contributed by atoms with van der Waals surface area (Å²) in [5.74, 6) is -1.26. The van der Waals surface area contributed by atoms with E-state index in [1.54, 1.807) is 6.92 Å². The van der Waals surface area contributed by atoms with E-state index in [2.05, 4.69) is 5.32 Å². The van der Waals surface area contributed by atoms with Gasteiger partial charge in [0, 0.05) is 16.5 Å². The smallest absolute Gasteiger partial charge is 0.230 e. The van der Waals surface area contributed by atoms with Crippen LogP contribution in [0.25, 0.3) is 10.8 Å². The third-order valence-corrected chi connectivity index (χ3v) is 4.89. The van der Waals surface area contributed by atoms with Crippen LogP contribution in [0.3, 0.4) is 0 Å². The molecule has 1 N–H and O–H groups in total. The van der Waals surface area contributed by atoms with Crippen LogP contribution in [0.5, 0.6) is 0 Å². The van der Waals surface area contributed by atoms with Crippen molar-refractivity contribution >= 4 is 28.4 Å². The first-order chi connectivity index (χ1) is 12.0. The molecule has 0 heterocycles. The molecule has 0 spiro atoms. The Morgan fingerprint density at radius 2 is 1.80 bits per heavy atom. The van der Waals surface area contributed by atoms with Gasteiger partial charge in [-0.2, -0.15) is 0 Å². The highest BCUT2D eigenvalue weighted by atomic mass is 32.2. The first-order valence-corrected chi connectivity index (χ1v) is 8.87. The number of benzene rings is 3. The summed E-state index contributed by atoms with van der Waals surface area (Å²) in [5.41, 5.74) is 0.269. The van der Waals surface area contributed by atoms with Gasteiger partial charge in [-0.1, -0.05) is 36.4 Å². The van der Waals surface area contributed by atoms with Crippen molar-refractivity contribution in [2.45, 2.75) is 17.9 Å². The van der Waals surface area contributed by atoms with Crippen LogP contribution < -0.4 is 5.32 Å². The zero-order chi connectivity index (χ0) is 17.8. The summed E-state index contributed by atoms with van der Waals surface area (Å²) in [7, 11) is 0. The maximum atomic E-state index is 13.8. The highest BCUT2D eigenvalue weighted by Gasteiger charge is 2.14. The van der Waals surface area contributed by atoms with Crippen LogP contribution in [0.1, 0.15) is 18.5 Å². The average molecular weight is 357 g/mol. The van der Waals surface area contributed by atoms with Gasteiger partial charge in [0.2, 0.25) is 5.91 Å². The zero-order valence-electron chi connectivity index (χ0n) is 13.6. The van der Waals surface area contributed by atoms with Gasteiger partial charge in [0.25, 0.3) is 0 Å². The minimum atomic E-state index is -0.657. The highest BCUT2D eigenvalue weighted by molar-refractivity contribution is 8.00. The number of amides is 1. The lowest BCUT2D eigenvalue weighted by atomic mass is 10.1. The first-order valence-electron chi connectivity index (χ1n) is 7.89. The molecule has 128 valence electrons. The molecule has 0 aliphatic rings. The van der Waals surface area contributed by atoms with Gasteiger partial charge in [-0.3, -0.25) is 4.79 Å². The molecule has 0 fully saturated rings. The SMILES string of the molecule is CC(NC(=O)CSc1ccc2ccccc2c1)c1ccc(F)cc1F. The second kappa shape index (κ2) is 7.66. The molecule has 0 saturated carbocycles. The topological polar surface area (TPSA) is 29.1 Å². The van der Waals surface area contributed by atoms with Crippen molar-refractivity contribution in [2.24, 2.45) is 0 Å². The fourth-order valence-corrected chi connectivity index (χ4v) is 3.38. The van der Waals surface area contributed by atoms with Crippen LogP contribution in [0.4, 0.5) is 8.78 Å². The largest absolute Gasteiger partial charge is 0.349 e. The van der Waals surface area contributed by atoms with E-state index in [4.69, 9.17) is 0 Å².